The number of piperazine rings is 1. The van der Waals surface area contributed by atoms with Crippen LogP contribution in [0.15, 0.2) is 18.2 Å². The minimum atomic E-state index is -0.957. The SMILES string of the molecule is Cc1cccc(N2CCN(CC(C)(N)C(N)=O)CC2)c1C. The van der Waals surface area contributed by atoms with Crippen molar-refractivity contribution < 1.29 is 4.79 Å². The predicted molar refractivity (Wildman–Crippen MR) is 86.4 cm³/mol. The van der Waals surface area contributed by atoms with Crippen molar-refractivity contribution in [2.45, 2.75) is 26.3 Å². The van der Waals surface area contributed by atoms with E-state index in [4.69, 9.17) is 11.5 Å². The average molecular weight is 290 g/mol. The summed E-state index contributed by atoms with van der Waals surface area (Å²) in [5.41, 5.74) is 14.3. The van der Waals surface area contributed by atoms with E-state index in [2.05, 4.69) is 41.8 Å². The lowest BCUT2D eigenvalue weighted by molar-refractivity contribution is -0.123. The van der Waals surface area contributed by atoms with Crippen molar-refractivity contribution in [3.05, 3.63) is 29.3 Å². The molecular formula is C16H26N4O. The number of amides is 1. The summed E-state index contributed by atoms with van der Waals surface area (Å²) < 4.78 is 0. The fourth-order valence-electron chi connectivity index (χ4n) is 2.77. The minimum absolute atomic E-state index is 0.445. The number of aryl methyl sites for hydroxylation is 1. The van der Waals surface area contributed by atoms with Crippen LogP contribution in [0.1, 0.15) is 18.1 Å². The van der Waals surface area contributed by atoms with Crippen molar-refractivity contribution in [2.75, 3.05) is 37.6 Å². The molecule has 0 radical (unpaired) electrons. The van der Waals surface area contributed by atoms with E-state index < -0.39 is 11.4 Å². The Morgan fingerprint density at radius 1 is 1.24 bits per heavy atom. The van der Waals surface area contributed by atoms with Gasteiger partial charge in [0.1, 0.15) is 5.54 Å². The van der Waals surface area contributed by atoms with Gasteiger partial charge in [0.25, 0.3) is 0 Å². The summed E-state index contributed by atoms with van der Waals surface area (Å²) in [5.74, 6) is -0.445. The highest BCUT2D eigenvalue weighted by atomic mass is 16.1. The molecule has 1 fully saturated rings. The standard InChI is InChI=1S/C16H26N4O/c1-12-5-4-6-14(13(12)2)20-9-7-19(8-10-20)11-16(3,18)15(17)21/h4-6H,7-11,18H2,1-3H3,(H2,17,21). The molecule has 116 valence electrons. The highest BCUT2D eigenvalue weighted by molar-refractivity contribution is 5.84. The number of primary amides is 1. The molecule has 5 nitrogen and oxygen atoms in total. The number of anilines is 1. The second-order valence-corrected chi connectivity index (χ2v) is 6.26. The van der Waals surface area contributed by atoms with Crippen LogP contribution in [-0.2, 0) is 4.79 Å². The third-order valence-electron chi connectivity index (χ3n) is 4.40. The summed E-state index contributed by atoms with van der Waals surface area (Å²) in [6, 6.07) is 6.42. The van der Waals surface area contributed by atoms with Gasteiger partial charge in [0.2, 0.25) is 5.91 Å². The number of rotatable bonds is 4. The van der Waals surface area contributed by atoms with Gasteiger partial charge in [-0.05, 0) is 38.0 Å². The number of nitrogens with two attached hydrogens (primary N) is 2. The molecule has 0 aromatic heterocycles. The van der Waals surface area contributed by atoms with Crippen molar-refractivity contribution >= 4 is 11.6 Å². The second-order valence-electron chi connectivity index (χ2n) is 6.26. The number of carbonyl (C=O) groups excluding carboxylic acids is 1. The number of benzene rings is 1. The third-order valence-corrected chi connectivity index (χ3v) is 4.40. The van der Waals surface area contributed by atoms with Gasteiger partial charge in [-0.3, -0.25) is 9.69 Å². The van der Waals surface area contributed by atoms with Crippen molar-refractivity contribution in [1.29, 1.82) is 0 Å². The number of hydrogen-bond donors (Lipinski definition) is 2. The molecule has 0 spiro atoms. The van der Waals surface area contributed by atoms with Gasteiger partial charge < -0.3 is 16.4 Å². The van der Waals surface area contributed by atoms with Gasteiger partial charge in [0.15, 0.2) is 0 Å². The molecule has 2 rings (SSSR count). The van der Waals surface area contributed by atoms with E-state index in [-0.39, 0.29) is 0 Å². The maximum Gasteiger partial charge on any atom is 0.238 e. The van der Waals surface area contributed by atoms with E-state index in [0.717, 1.165) is 26.2 Å². The van der Waals surface area contributed by atoms with E-state index in [9.17, 15) is 4.79 Å². The number of hydrogen-bond acceptors (Lipinski definition) is 4. The van der Waals surface area contributed by atoms with Crippen LogP contribution in [0.25, 0.3) is 0 Å². The molecule has 1 aliphatic heterocycles. The molecule has 1 aromatic carbocycles. The smallest absolute Gasteiger partial charge is 0.238 e. The molecule has 0 aliphatic carbocycles. The molecule has 21 heavy (non-hydrogen) atoms. The molecule has 1 unspecified atom stereocenters. The van der Waals surface area contributed by atoms with Crippen LogP contribution in [0.4, 0.5) is 5.69 Å². The highest BCUT2D eigenvalue weighted by Gasteiger charge is 2.30. The summed E-state index contributed by atoms with van der Waals surface area (Å²) in [5, 5.41) is 0. The van der Waals surface area contributed by atoms with Gasteiger partial charge in [-0.15, -0.1) is 0 Å². The average Bonchev–Trinajstić information content (AvgIpc) is 2.42. The van der Waals surface area contributed by atoms with E-state index in [1.54, 1.807) is 6.92 Å². The fourth-order valence-corrected chi connectivity index (χ4v) is 2.77. The van der Waals surface area contributed by atoms with Gasteiger partial charge >= 0.3 is 0 Å². The molecule has 5 heteroatoms. The predicted octanol–water partition coefficient (Wildman–Crippen LogP) is 0.628. The first-order valence-corrected chi connectivity index (χ1v) is 7.43. The van der Waals surface area contributed by atoms with Crippen LogP contribution in [-0.4, -0.2) is 49.1 Å². The third kappa shape index (κ3) is 3.54. The zero-order chi connectivity index (χ0) is 15.6. The van der Waals surface area contributed by atoms with Crippen LogP contribution >= 0.6 is 0 Å². The summed E-state index contributed by atoms with van der Waals surface area (Å²) in [6.07, 6.45) is 0. The Kier molecular flexibility index (Phi) is 4.54. The Hall–Kier alpha value is -1.59. The lowest BCUT2D eigenvalue weighted by Crippen LogP contribution is -2.59. The van der Waals surface area contributed by atoms with E-state index in [1.165, 1.54) is 16.8 Å². The molecule has 1 aromatic rings. The van der Waals surface area contributed by atoms with Crippen LogP contribution in [0.5, 0.6) is 0 Å². The van der Waals surface area contributed by atoms with Crippen molar-refractivity contribution in [2.24, 2.45) is 11.5 Å². The fraction of sp³-hybridized carbons (Fsp3) is 0.562. The summed E-state index contributed by atoms with van der Waals surface area (Å²) in [7, 11) is 0. The van der Waals surface area contributed by atoms with Crippen molar-refractivity contribution in [1.82, 2.24) is 4.90 Å². The summed E-state index contributed by atoms with van der Waals surface area (Å²) in [6.45, 7) is 10.2. The van der Waals surface area contributed by atoms with E-state index in [1.807, 2.05) is 0 Å². The zero-order valence-electron chi connectivity index (χ0n) is 13.2. The molecule has 1 aliphatic rings. The minimum Gasteiger partial charge on any atom is -0.369 e. The summed E-state index contributed by atoms with van der Waals surface area (Å²) in [4.78, 5) is 15.9. The normalized spacial score (nSPS) is 19.3. The van der Waals surface area contributed by atoms with Crippen LogP contribution in [0.3, 0.4) is 0 Å². The molecule has 4 N–H and O–H groups in total. The summed E-state index contributed by atoms with van der Waals surface area (Å²) >= 11 is 0. The van der Waals surface area contributed by atoms with E-state index in [0.29, 0.717) is 6.54 Å². The second kappa shape index (κ2) is 6.03. The largest absolute Gasteiger partial charge is 0.369 e. The molecule has 1 saturated heterocycles. The Morgan fingerprint density at radius 3 is 2.43 bits per heavy atom. The molecular weight excluding hydrogens is 264 g/mol. The molecule has 0 bridgehead atoms. The molecule has 1 atom stereocenters. The Morgan fingerprint density at radius 2 is 1.86 bits per heavy atom. The van der Waals surface area contributed by atoms with E-state index >= 15 is 0 Å². The van der Waals surface area contributed by atoms with Gasteiger partial charge in [-0.2, -0.15) is 0 Å². The Labute approximate surface area is 126 Å². The highest BCUT2D eigenvalue weighted by Crippen LogP contribution is 2.24. The Balaban J connectivity index is 1.98. The van der Waals surface area contributed by atoms with Crippen molar-refractivity contribution in [3.8, 4) is 0 Å². The van der Waals surface area contributed by atoms with Crippen LogP contribution in [0.2, 0.25) is 0 Å². The molecule has 1 amide bonds. The first kappa shape index (κ1) is 15.8. The maximum atomic E-state index is 11.3. The quantitative estimate of drug-likeness (QED) is 0.853. The lowest BCUT2D eigenvalue weighted by Gasteiger charge is -2.39. The lowest BCUT2D eigenvalue weighted by atomic mass is 10.0. The van der Waals surface area contributed by atoms with Gasteiger partial charge in [0.05, 0.1) is 0 Å². The first-order chi connectivity index (χ1) is 9.81. The number of carbonyl (C=O) groups is 1. The zero-order valence-corrected chi connectivity index (χ0v) is 13.2. The van der Waals surface area contributed by atoms with Gasteiger partial charge in [-0.1, -0.05) is 12.1 Å². The Bertz CT molecular complexity index is 519. The van der Waals surface area contributed by atoms with Crippen molar-refractivity contribution in [3.63, 3.8) is 0 Å². The van der Waals surface area contributed by atoms with Crippen LogP contribution < -0.4 is 16.4 Å². The monoisotopic (exact) mass is 290 g/mol. The van der Waals surface area contributed by atoms with Gasteiger partial charge in [-0.25, -0.2) is 0 Å². The maximum absolute atomic E-state index is 11.3. The first-order valence-electron chi connectivity index (χ1n) is 7.43. The topological polar surface area (TPSA) is 75.6 Å². The molecule has 1 heterocycles. The van der Waals surface area contributed by atoms with Crippen LogP contribution in [0, 0.1) is 13.8 Å². The molecule has 0 saturated carbocycles. The van der Waals surface area contributed by atoms with Gasteiger partial charge in [0, 0.05) is 38.4 Å². The number of nitrogens with zero attached hydrogens (tertiary/aromatic N) is 2.